The Kier molecular flexibility index (Phi) is 6.17. The normalized spacial score (nSPS) is 11.3. The van der Waals surface area contributed by atoms with E-state index in [1.807, 2.05) is 6.07 Å². The number of rotatable bonds is 6. The first-order valence-electron chi connectivity index (χ1n) is 8.39. The van der Waals surface area contributed by atoms with E-state index in [0.29, 0.717) is 16.9 Å². The van der Waals surface area contributed by atoms with E-state index in [4.69, 9.17) is 27.9 Å². The molecule has 0 saturated carbocycles. The predicted octanol–water partition coefficient (Wildman–Crippen LogP) is 5.16. The van der Waals surface area contributed by atoms with Crippen LogP contribution in [-0.4, -0.2) is 26.1 Å². The first kappa shape index (κ1) is 21.2. The molecule has 0 atom stereocenters. The van der Waals surface area contributed by atoms with Gasteiger partial charge >= 0.3 is 0 Å². The summed E-state index contributed by atoms with van der Waals surface area (Å²) in [5.41, 5.74) is 2.22. The third-order valence-electron chi connectivity index (χ3n) is 4.26. The number of sulfone groups is 1. The topological polar surface area (TPSA) is 80.7 Å². The molecule has 29 heavy (non-hydrogen) atoms. The maximum atomic E-state index is 11.6. The number of ether oxygens (including phenoxy) is 1. The van der Waals surface area contributed by atoms with Gasteiger partial charge in [-0.1, -0.05) is 53.5 Å². The van der Waals surface area contributed by atoms with Crippen LogP contribution in [0.15, 0.2) is 59.5 Å². The van der Waals surface area contributed by atoms with Crippen LogP contribution in [0.5, 0.6) is 11.5 Å². The zero-order valence-electron chi connectivity index (χ0n) is 15.2. The van der Waals surface area contributed by atoms with E-state index in [9.17, 15) is 18.3 Å². The number of aldehydes is 1. The van der Waals surface area contributed by atoms with Crippen LogP contribution in [0.25, 0.3) is 11.1 Å². The number of benzene rings is 3. The molecule has 0 amide bonds. The van der Waals surface area contributed by atoms with Crippen molar-refractivity contribution in [3.63, 3.8) is 0 Å². The monoisotopic (exact) mass is 450 g/mol. The molecule has 0 aromatic heterocycles. The van der Waals surface area contributed by atoms with Gasteiger partial charge in [0.15, 0.2) is 16.1 Å². The van der Waals surface area contributed by atoms with E-state index in [1.54, 1.807) is 24.3 Å². The number of halogens is 2. The summed E-state index contributed by atoms with van der Waals surface area (Å²) in [6.07, 6.45) is 1.65. The number of hydrogen-bond acceptors (Lipinski definition) is 5. The van der Waals surface area contributed by atoms with Crippen LogP contribution in [-0.2, 0) is 16.4 Å². The smallest absolute Gasteiger partial charge is 0.175 e. The summed E-state index contributed by atoms with van der Waals surface area (Å²) in [5, 5.41) is 10.4. The molecule has 0 bridgehead atoms. The Labute approximate surface area is 178 Å². The highest BCUT2D eigenvalue weighted by atomic mass is 35.5. The average molecular weight is 451 g/mol. The van der Waals surface area contributed by atoms with Crippen molar-refractivity contribution >= 4 is 39.3 Å². The van der Waals surface area contributed by atoms with Crippen LogP contribution < -0.4 is 4.74 Å². The molecule has 0 unspecified atom stereocenters. The van der Waals surface area contributed by atoms with Crippen LogP contribution in [0, 0.1) is 0 Å². The van der Waals surface area contributed by atoms with E-state index in [0.717, 1.165) is 17.4 Å². The summed E-state index contributed by atoms with van der Waals surface area (Å²) in [6, 6.07) is 14.4. The maximum absolute atomic E-state index is 11.6. The fraction of sp³-hybridized carbons (Fsp3) is 0.0952. The molecule has 1 N–H and O–H groups in total. The molecule has 0 aliphatic rings. The Balaban J connectivity index is 1.86. The first-order valence-corrected chi connectivity index (χ1v) is 11.0. The van der Waals surface area contributed by atoms with E-state index < -0.39 is 9.84 Å². The summed E-state index contributed by atoms with van der Waals surface area (Å²) in [6.45, 7) is 0.0771. The summed E-state index contributed by atoms with van der Waals surface area (Å²) >= 11 is 12.6. The maximum Gasteiger partial charge on any atom is 0.175 e. The molecule has 0 fully saturated rings. The van der Waals surface area contributed by atoms with Crippen LogP contribution >= 0.6 is 23.2 Å². The largest absolute Gasteiger partial charge is 0.507 e. The summed E-state index contributed by atoms with van der Waals surface area (Å²) in [5.74, 6) is -0.0149. The number of phenols is 1. The summed E-state index contributed by atoms with van der Waals surface area (Å²) in [4.78, 5) is 11.1. The summed E-state index contributed by atoms with van der Waals surface area (Å²) in [7, 11) is -3.28. The number of hydrogen-bond donors (Lipinski definition) is 1. The molecule has 0 aliphatic carbocycles. The molecule has 8 heteroatoms. The van der Waals surface area contributed by atoms with Crippen LogP contribution in [0.4, 0.5) is 0 Å². The zero-order chi connectivity index (χ0) is 21.2. The highest BCUT2D eigenvalue weighted by Crippen LogP contribution is 2.34. The van der Waals surface area contributed by atoms with Gasteiger partial charge in [-0.15, -0.1) is 0 Å². The minimum Gasteiger partial charge on any atom is -0.507 e. The number of carbonyl (C=O) groups is 1. The van der Waals surface area contributed by atoms with Gasteiger partial charge in [-0.25, -0.2) is 8.42 Å². The van der Waals surface area contributed by atoms with Crippen LogP contribution in [0.2, 0.25) is 10.0 Å². The number of aromatic hydroxyl groups is 1. The Morgan fingerprint density at radius 2 is 1.76 bits per heavy atom. The molecule has 0 saturated heterocycles. The van der Waals surface area contributed by atoms with Gasteiger partial charge in [0.2, 0.25) is 0 Å². The lowest BCUT2D eigenvalue weighted by Crippen LogP contribution is -1.99. The Bertz CT molecular complexity index is 1170. The van der Waals surface area contributed by atoms with Crippen molar-refractivity contribution in [2.24, 2.45) is 0 Å². The molecule has 0 radical (unpaired) electrons. The third kappa shape index (κ3) is 4.72. The van der Waals surface area contributed by atoms with Gasteiger partial charge in [-0.05, 0) is 23.8 Å². The second-order valence-corrected chi connectivity index (χ2v) is 9.12. The minimum atomic E-state index is -3.28. The average Bonchev–Trinajstić information content (AvgIpc) is 2.68. The molecule has 0 aliphatic heterocycles. The molecule has 3 rings (SSSR count). The van der Waals surface area contributed by atoms with E-state index in [1.165, 1.54) is 24.3 Å². The van der Waals surface area contributed by atoms with Gasteiger partial charge < -0.3 is 9.84 Å². The lowest BCUT2D eigenvalue weighted by molar-refractivity contribution is 0.112. The molecular weight excluding hydrogens is 435 g/mol. The van der Waals surface area contributed by atoms with Crippen molar-refractivity contribution in [2.45, 2.75) is 11.5 Å². The van der Waals surface area contributed by atoms with E-state index in [-0.39, 0.29) is 33.6 Å². The molecular formula is C21H16Cl2O5S. The van der Waals surface area contributed by atoms with Crippen molar-refractivity contribution in [2.75, 3.05) is 6.26 Å². The second-order valence-electron chi connectivity index (χ2n) is 6.32. The Hall–Kier alpha value is -2.54. The first-order chi connectivity index (χ1) is 13.7. The highest BCUT2D eigenvalue weighted by molar-refractivity contribution is 7.90. The fourth-order valence-electron chi connectivity index (χ4n) is 2.71. The quantitative estimate of drug-likeness (QED) is 0.524. The second kappa shape index (κ2) is 8.45. The van der Waals surface area contributed by atoms with Crippen molar-refractivity contribution in [3.05, 3.63) is 75.8 Å². The molecule has 3 aromatic rings. The molecule has 150 valence electrons. The summed E-state index contributed by atoms with van der Waals surface area (Å²) < 4.78 is 28.9. The molecule has 0 heterocycles. The van der Waals surface area contributed by atoms with Crippen molar-refractivity contribution in [1.82, 2.24) is 0 Å². The Morgan fingerprint density at radius 1 is 1.07 bits per heavy atom. The zero-order valence-corrected chi connectivity index (χ0v) is 17.6. The van der Waals surface area contributed by atoms with Gasteiger partial charge in [0, 0.05) is 23.4 Å². The third-order valence-corrected chi connectivity index (χ3v) is 6.13. The van der Waals surface area contributed by atoms with Crippen LogP contribution in [0.3, 0.4) is 0 Å². The van der Waals surface area contributed by atoms with E-state index in [2.05, 4.69) is 0 Å². The lowest BCUT2D eigenvalue weighted by atomic mass is 10.0. The van der Waals surface area contributed by atoms with Crippen LogP contribution in [0.1, 0.15) is 15.9 Å². The SMILES string of the molecule is CS(=O)(=O)c1ccc(-c2cccc(COc3cc(O)c(C=O)cc3Cl)c2Cl)cc1. The van der Waals surface area contributed by atoms with Gasteiger partial charge in [-0.2, -0.15) is 0 Å². The lowest BCUT2D eigenvalue weighted by Gasteiger charge is -2.13. The van der Waals surface area contributed by atoms with Gasteiger partial charge in [0.1, 0.15) is 18.1 Å². The molecule has 3 aromatic carbocycles. The van der Waals surface area contributed by atoms with E-state index >= 15 is 0 Å². The number of carbonyl (C=O) groups excluding carboxylic acids is 1. The number of phenolic OH excluding ortho intramolecular Hbond substituents is 1. The molecule has 0 spiro atoms. The van der Waals surface area contributed by atoms with Crippen molar-refractivity contribution in [1.29, 1.82) is 0 Å². The molecule has 5 nitrogen and oxygen atoms in total. The fourth-order valence-corrected chi connectivity index (χ4v) is 3.86. The van der Waals surface area contributed by atoms with Gasteiger partial charge in [0.05, 0.1) is 20.5 Å². The predicted molar refractivity (Wildman–Crippen MR) is 113 cm³/mol. The highest BCUT2D eigenvalue weighted by Gasteiger charge is 2.13. The van der Waals surface area contributed by atoms with Crippen molar-refractivity contribution in [3.8, 4) is 22.6 Å². The van der Waals surface area contributed by atoms with Gasteiger partial charge in [-0.3, -0.25) is 4.79 Å². The van der Waals surface area contributed by atoms with Crippen molar-refractivity contribution < 1.29 is 23.1 Å². The Morgan fingerprint density at radius 3 is 2.38 bits per heavy atom. The van der Waals surface area contributed by atoms with Gasteiger partial charge in [0.25, 0.3) is 0 Å². The minimum absolute atomic E-state index is 0.0694. The standard InChI is InChI=1S/C21H16Cl2O5S/c1-29(26,27)16-7-5-13(6-8-16)17-4-2-3-14(21(17)23)12-28-20-10-19(25)15(11-24)9-18(20)22/h2-11,25H,12H2,1H3.